The Morgan fingerprint density at radius 3 is 2.59 bits per heavy atom. The highest BCUT2D eigenvalue weighted by atomic mass is 32.2. The third-order valence-corrected chi connectivity index (χ3v) is 8.14. The van der Waals surface area contributed by atoms with Crippen LogP contribution in [0.5, 0.6) is 11.5 Å². The van der Waals surface area contributed by atoms with Gasteiger partial charge in [0.2, 0.25) is 0 Å². The van der Waals surface area contributed by atoms with Crippen LogP contribution in [0, 0.1) is 0 Å². The quantitative estimate of drug-likeness (QED) is 0.198. The van der Waals surface area contributed by atoms with Crippen LogP contribution in [0.2, 0.25) is 0 Å². The van der Waals surface area contributed by atoms with Crippen molar-refractivity contribution in [3.05, 3.63) is 74.9 Å². The number of aromatic nitrogens is 2. The number of ether oxygens (including phenoxy) is 2. The van der Waals surface area contributed by atoms with Crippen LogP contribution in [0.3, 0.4) is 0 Å². The van der Waals surface area contributed by atoms with E-state index in [1.807, 2.05) is 24.3 Å². The number of thiophene rings is 1. The molecule has 174 valence electrons. The van der Waals surface area contributed by atoms with Gasteiger partial charge in [0.05, 0.1) is 31.0 Å². The molecule has 0 radical (unpaired) electrons. The van der Waals surface area contributed by atoms with Gasteiger partial charge in [-0.05, 0) is 67.6 Å². The van der Waals surface area contributed by atoms with Gasteiger partial charge in [0, 0.05) is 10.4 Å². The van der Waals surface area contributed by atoms with Gasteiger partial charge < -0.3 is 9.47 Å². The summed E-state index contributed by atoms with van der Waals surface area (Å²) in [5, 5.41) is 1.23. The van der Waals surface area contributed by atoms with E-state index in [0.717, 1.165) is 41.5 Å². The highest BCUT2D eigenvalue weighted by molar-refractivity contribution is 7.99. The Balaban J connectivity index is 1.57. The largest absolute Gasteiger partial charge is 0.497 e. The Bertz CT molecular complexity index is 1420. The van der Waals surface area contributed by atoms with Gasteiger partial charge in [0.1, 0.15) is 16.3 Å². The predicted molar refractivity (Wildman–Crippen MR) is 136 cm³/mol. The summed E-state index contributed by atoms with van der Waals surface area (Å²) in [6.45, 7) is 0. The van der Waals surface area contributed by atoms with Crippen LogP contribution < -0.4 is 15.0 Å². The van der Waals surface area contributed by atoms with Crippen molar-refractivity contribution < 1.29 is 14.3 Å². The zero-order valence-corrected chi connectivity index (χ0v) is 20.6. The number of rotatable bonds is 7. The number of carbonyl (C=O) groups is 1. The summed E-state index contributed by atoms with van der Waals surface area (Å²) < 4.78 is 12.2. The molecule has 4 aromatic rings. The predicted octanol–water partition coefficient (Wildman–Crippen LogP) is 5.32. The minimum atomic E-state index is -0.0779. The number of nitrogens with zero attached hydrogens (tertiary/aromatic N) is 2. The van der Waals surface area contributed by atoms with E-state index in [0.29, 0.717) is 27.9 Å². The molecule has 0 amide bonds. The van der Waals surface area contributed by atoms with Gasteiger partial charge in [-0.1, -0.05) is 23.9 Å². The Kier molecular flexibility index (Phi) is 6.43. The Labute approximate surface area is 205 Å². The molecule has 0 saturated carbocycles. The number of hydrogen-bond acceptors (Lipinski definition) is 7. The third-order valence-electron chi connectivity index (χ3n) is 6.01. The molecule has 0 unspecified atom stereocenters. The number of methoxy groups -OCH3 is 2. The molecule has 0 atom stereocenters. The molecule has 2 aromatic carbocycles. The van der Waals surface area contributed by atoms with Crippen LogP contribution in [0.1, 0.15) is 33.6 Å². The highest BCUT2D eigenvalue weighted by Crippen LogP contribution is 2.35. The second-order valence-corrected chi connectivity index (χ2v) is 10.1. The molecule has 0 spiro atoms. The van der Waals surface area contributed by atoms with Crippen molar-refractivity contribution in [2.75, 3.05) is 20.0 Å². The van der Waals surface area contributed by atoms with Crippen LogP contribution >= 0.6 is 23.1 Å². The molecule has 6 nitrogen and oxygen atoms in total. The van der Waals surface area contributed by atoms with Gasteiger partial charge in [0.15, 0.2) is 10.9 Å². The van der Waals surface area contributed by atoms with Gasteiger partial charge in [0.25, 0.3) is 5.56 Å². The molecule has 0 aliphatic heterocycles. The summed E-state index contributed by atoms with van der Waals surface area (Å²) in [5.41, 5.74) is 2.34. The van der Waals surface area contributed by atoms with E-state index in [1.54, 1.807) is 54.4 Å². The lowest BCUT2D eigenvalue weighted by atomic mass is 9.97. The third kappa shape index (κ3) is 4.23. The summed E-state index contributed by atoms with van der Waals surface area (Å²) in [7, 11) is 3.18. The molecule has 5 rings (SSSR count). The van der Waals surface area contributed by atoms with E-state index in [-0.39, 0.29) is 17.1 Å². The number of carbonyl (C=O) groups excluding carboxylic acids is 1. The molecule has 1 aliphatic carbocycles. The van der Waals surface area contributed by atoms with Crippen molar-refractivity contribution in [1.82, 2.24) is 9.55 Å². The molecular weight excluding hydrogens is 468 g/mol. The second-order valence-electron chi connectivity index (χ2n) is 8.07. The molecule has 0 saturated heterocycles. The molecule has 0 N–H and O–H groups in total. The maximum Gasteiger partial charge on any atom is 0.267 e. The molecule has 1 aliphatic rings. The van der Waals surface area contributed by atoms with Crippen molar-refractivity contribution in [3.8, 4) is 17.2 Å². The number of thioether (sulfide) groups is 1. The topological polar surface area (TPSA) is 70.4 Å². The first-order valence-electron chi connectivity index (χ1n) is 11.1. The lowest BCUT2D eigenvalue weighted by molar-refractivity contribution is 0.102. The summed E-state index contributed by atoms with van der Waals surface area (Å²) in [6.07, 6.45) is 4.14. The SMILES string of the molecule is COc1ccc(-n2c(SCC(=O)c3cccc(OC)c3)nc3sc4c(c3c2=O)CCCC4)cc1. The van der Waals surface area contributed by atoms with Gasteiger partial charge >= 0.3 is 0 Å². The van der Waals surface area contributed by atoms with E-state index in [9.17, 15) is 9.59 Å². The van der Waals surface area contributed by atoms with Crippen molar-refractivity contribution in [1.29, 1.82) is 0 Å². The highest BCUT2D eigenvalue weighted by Gasteiger charge is 2.23. The number of Topliss-reactive ketones (excluding diaryl/α,β-unsaturated/α-hetero) is 1. The maximum absolute atomic E-state index is 13.8. The lowest BCUT2D eigenvalue weighted by Gasteiger charge is -2.14. The number of aryl methyl sites for hydroxylation is 2. The lowest BCUT2D eigenvalue weighted by Crippen LogP contribution is -2.22. The van der Waals surface area contributed by atoms with E-state index >= 15 is 0 Å². The number of hydrogen-bond donors (Lipinski definition) is 0. The van der Waals surface area contributed by atoms with Crippen LogP contribution in [-0.2, 0) is 12.8 Å². The smallest absolute Gasteiger partial charge is 0.267 e. The first-order valence-corrected chi connectivity index (χ1v) is 12.9. The van der Waals surface area contributed by atoms with Crippen LogP contribution in [0.4, 0.5) is 0 Å². The minimum Gasteiger partial charge on any atom is -0.497 e. The summed E-state index contributed by atoms with van der Waals surface area (Å²) in [5.74, 6) is 1.45. The van der Waals surface area contributed by atoms with Crippen molar-refractivity contribution in [2.24, 2.45) is 0 Å². The second kappa shape index (κ2) is 9.64. The van der Waals surface area contributed by atoms with Crippen molar-refractivity contribution in [2.45, 2.75) is 30.8 Å². The standard InChI is InChI=1S/C26H24N2O4S2/c1-31-18-12-10-17(11-13-18)28-25(30)23-20-8-3-4-9-22(20)34-24(23)27-26(28)33-15-21(29)16-6-5-7-19(14-16)32-2/h5-7,10-14H,3-4,8-9,15H2,1-2H3. The average Bonchev–Trinajstić information content (AvgIpc) is 3.26. The Morgan fingerprint density at radius 1 is 1.06 bits per heavy atom. The zero-order chi connectivity index (χ0) is 23.7. The summed E-state index contributed by atoms with van der Waals surface area (Å²) in [6, 6.07) is 14.4. The van der Waals surface area contributed by atoms with Gasteiger partial charge in [-0.2, -0.15) is 0 Å². The van der Waals surface area contributed by atoms with E-state index in [2.05, 4.69) is 0 Å². The average molecular weight is 493 g/mol. The molecule has 0 fully saturated rings. The van der Waals surface area contributed by atoms with Crippen LogP contribution in [0.25, 0.3) is 15.9 Å². The summed E-state index contributed by atoms with van der Waals surface area (Å²) >= 11 is 2.89. The molecule has 34 heavy (non-hydrogen) atoms. The monoisotopic (exact) mass is 492 g/mol. The Morgan fingerprint density at radius 2 is 1.82 bits per heavy atom. The van der Waals surface area contributed by atoms with Crippen molar-refractivity contribution in [3.63, 3.8) is 0 Å². The number of ketones is 1. The minimum absolute atomic E-state index is 0.0509. The normalized spacial score (nSPS) is 13.0. The fourth-order valence-electron chi connectivity index (χ4n) is 4.25. The summed E-state index contributed by atoms with van der Waals surface area (Å²) in [4.78, 5) is 33.7. The Hall–Kier alpha value is -3.10. The first kappa shape index (κ1) is 22.7. The van der Waals surface area contributed by atoms with Crippen molar-refractivity contribution >= 4 is 39.1 Å². The van der Waals surface area contributed by atoms with E-state index < -0.39 is 0 Å². The molecule has 0 bridgehead atoms. The maximum atomic E-state index is 13.8. The van der Waals surface area contributed by atoms with E-state index in [4.69, 9.17) is 14.5 Å². The van der Waals surface area contributed by atoms with E-state index in [1.165, 1.54) is 16.6 Å². The molecular formula is C26H24N2O4S2. The first-order chi connectivity index (χ1) is 16.6. The van der Waals surface area contributed by atoms with Crippen LogP contribution in [0.15, 0.2) is 58.5 Å². The molecule has 8 heteroatoms. The zero-order valence-electron chi connectivity index (χ0n) is 19.0. The number of fused-ring (bicyclic) bond motifs is 3. The molecule has 2 heterocycles. The van der Waals surface area contributed by atoms with Gasteiger partial charge in [-0.25, -0.2) is 4.98 Å². The fourth-order valence-corrected chi connectivity index (χ4v) is 6.46. The van der Waals surface area contributed by atoms with Gasteiger partial charge in [-0.3, -0.25) is 14.2 Å². The molecule has 2 aromatic heterocycles. The van der Waals surface area contributed by atoms with Crippen LogP contribution in [-0.4, -0.2) is 35.3 Å². The van der Waals surface area contributed by atoms with Gasteiger partial charge in [-0.15, -0.1) is 11.3 Å². The number of benzene rings is 2. The fraction of sp³-hybridized carbons (Fsp3) is 0.269.